The Labute approximate surface area is 107 Å². The number of aliphatic hydroxyl groups excluding tert-OH is 1. The van der Waals surface area contributed by atoms with E-state index in [9.17, 15) is 5.11 Å². The molecule has 18 heavy (non-hydrogen) atoms. The lowest BCUT2D eigenvalue weighted by atomic mass is 10.1. The molecule has 0 radical (unpaired) electrons. The summed E-state index contributed by atoms with van der Waals surface area (Å²) >= 11 is 0. The number of ether oxygens (including phenoxy) is 1. The minimum Gasteiger partial charge on any atom is -0.507 e. The van der Waals surface area contributed by atoms with E-state index in [0.29, 0.717) is 29.1 Å². The van der Waals surface area contributed by atoms with Crippen molar-refractivity contribution < 1.29 is 14.9 Å². The van der Waals surface area contributed by atoms with Gasteiger partial charge >= 0.3 is 0 Å². The molecule has 98 valence electrons. The molecule has 0 heterocycles. The molecule has 0 aromatic heterocycles. The number of hydrogen-bond donors (Lipinski definition) is 2. The average molecular weight is 249 g/mol. The van der Waals surface area contributed by atoms with Gasteiger partial charge in [0.25, 0.3) is 0 Å². The molecule has 0 saturated heterocycles. The van der Waals surface area contributed by atoms with Crippen molar-refractivity contribution in [3.05, 3.63) is 23.8 Å². The highest BCUT2D eigenvalue weighted by atomic mass is 16.5. The van der Waals surface area contributed by atoms with Crippen LogP contribution in [0.25, 0.3) is 6.08 Å². The SMILES string of the molecule is C=Cc1c(O)cc(N=C(CC)CO)c(C)c1OC. The van der Waals surface area contributed by atoms with Gasteiger partial charge in [-0.05, 0) is 13.3 Å². The van der Waals surface area contributed by atoms with E-state index in [1.807, 2.05) is 13.8 Å². The van der Waals surface area contributed by atoms with Crippen molar-refractivity contribution in [2.45, 2.75) is 20.3 Å². The summed E-state index contributed by atoms with van der Waals surface area (Å²) in [6, 6.07) is 1.56. The van der Waals surface area contributed by atoms with Gasteiger partial charge in [-0.1, -0.05) is 19.6 Å². The van der Waals surface area contributed by atoms with Crippen molar-refractivity contribution >= 4 is 17.5 Å². The first-order valence-electron chi connectivity index (χ1n) is 5.79. The first-order valence-corrected chi connectivity index (χ1v) is 5.79. The maximum atomic E-state index is 9.90. The topological polar surface area (TPSA) is 62.1 Å². The number of hydrogen-bond acceptors (Lipinski definition) is 4. The summed E-state index contributed by atoms with van der Waals surface area (Å²) in [6.07, 6.45) is 2.20. The van der Waals surface area contributed by atoms with Crippen LogP contribution in [0.5, 0.6) is 11.5 Å². The third-order valence-electron chi connectivity index (χ3n) is 2.80. The highest BCUT2D eigenvalue weighted by Crippen LogP contribution is 2.38. The van der Waals surface area contributed by atoms with Gasteiger partial charge in [0.2, 0.25) is 0 Å². The van der Waals surface area contributed by atoms with Crippen LogP contribution in [0.15, 0.2) is 17.6 Å². The lowest BCUT2D eigenvalue weighted by Gasteiger charge is -2.13. The van der Waals surface area contributed by atoms with Crippen molar-refractivity contribution in [2.24, 2.45) is 4.99 Å². The Morgan fingerprint density at radius 3 is 2.67 bits per heavy atom. The molecule has 0 aliphatic carbocycles. The van der Waals surface area contributed by atoms with Gasteiger partial charge in [0.1, 0.15) is 11.5 Å². The lowest BCUT2D eigenvalue weighted by Crippen LogP contribution is -2.02. The highest BCUT2D eigenvalue weighted by molar-refractivity contribution is 5.88. The van der Waals surface area contributed by atoms with Gasteiger partial charge in [0.05, 0.1) is 25.0 Å². The Morgan fingerprint density at radius 1 is 1.56 bits per heavy atom. The lowest BCUT2D eigenvalue weighted by molar-refractivity contribution is 0.355. The van der Waals surface area contributed by atoms with Crippen molar-refractivity contribution in [1.82, 2.24) is 0 Å². The quantitative estimate of drug-likeness (QED) is 0.789. The molecule has 0 unspecified atom stereocenters. The molecule has 1 aromatic rings. The molecule has 4 heteroatoms. The predicted octanol–water partition coefficient (Wildman–Crippen LogP) is 2.83. The van der Waals surface area contributed by atoms with Crippen LogP contribution < -0.4 is 4.74 Å². The molecular weight excluding hydrogens is 230 g/mol. The third kappa shape index (κ3) is 2.71. The van der Waals surface area contributed by atoms with E-state index in [1.54, 1.807) is 12.1 Å². The zero-order valence-corrected chi connectivity index (χ0v) is 11.0. The second kappa shape index (κ2) is 6.21. The number of nitrogens with zero attached hydrogens (tertiary/aromatic N) is 1. The highest BCUT2D eigenvalue weighted by Gasteiger charge is 2.13. The van der Waals surface area contributed by atoms with Crippen LogP contribution in [0, 0.1) is 6.92 Å². The number of aromatic hydroxyl groups is 1. The van der Waals surface area contributed by atoms with Crippen molar-refractivity contribution in [3.8, 4) is 11.5 Å². The molecule has 0 spiro atoms. The van der Waals surface area contributed by atoms with E-state index in [0.717, 1.165) is 5.56 Å². The van der Waals surface area contributed by atoms with E-state index in [4.69, 9.17) is 9.84 Å². The van der Waals surface area contributed by atoms with E-state index in [-0.39, 0.29) is 12.4 Å². The molecular formula is C14H19NO3. The van der Waals surface area contributed by atoms with Crippen molar-refractivity contribution in [3.63, 3.8) is 0 Å². The van der Waals surface area contributed by atoms with E-state index < -0.39 is 0 Å². The number of methoxy groups -OCH3 is 1. The largest absolute Gasteiger partial charge is 0.507 e. The summed E-state index contributed by atoms with van der Waals surface area (Å²) in [6.45, 7) is 7.33. The third-order valence-corrected chi connectivity index (χ3v) is 2.80. The first-order chi connectivity index (χ1) is 8.58. The van der Waals surface area contributed by atoms with E-state index in [2.05, 4.69) is 11.6 Å². The van der Waals surface area contributed by atoms with Gasteiger partial charge < -0.3 is 14.9 Å². The summed E-state index contributed by atoms with van der Waals surface area (Å²) in [5.74, 6) is 0.622. The predicted molar refractivity (Wildman–Crippen MR) is 74.0 cm³/mol. The Bertz CT molecular complexity index is 472. The number of aliphatic imine (C=N–C) groups is 1. The maximum absolute atomic E-state index is 9.90. The fraction of sp³-hybridized carbons (Fsp3) is 0.357. The maximum Gasteiger partial charge on any atom is 0.134 e. The number of phenols is 1. The van der Waals surface area contributed by atoms with Crippen molar-refractivity contribution in [1.29, 1.82) is 0 Å². The first kappa shape index (κ1) is 14.3. The minimum absolute atomic E-state index is 0.0691. The minimum atomic E-state index is -0.0950. The molecule has 0 aliphatic heterocycles. The fourth-order valence-electron chi connectivity index (χ4n) is 1.72. The zero-order chi connectivity index (χ0) is 13.7. The number of rotatable bonds is 5. The summed E-state index contributed by atoms with van der Waals surface area (Å²) in [5, 5.41) is 19.0. The molecule has 1 aromatic carbocycles. The van der Waals surface area contributed by atoms with Crippen molar-refractivity contribution in [2.75, 3.05) is 13.7 Å². The van der Waals surface area contributed by atoms with Gasteiger partial charge in [-0.15, -0.1) is 0 Å². The second-order valence-electron chi connectivity index (χ2n) is 3.88. The van der Waals surface area contributed by atoms with Gasteiger partial charge in [0, 0.05) is 17.3 Å². The van der Waals surface area contributed by atoms with Gasteiger partial charge in [-0.2, -0.15) is 0 Å². The molecule has 1 rings (SSSR count). The summed E-state index contributed by atoms with van der Waals surface area (Å²) < 4.78 is 5.27. The standard InChI is InChI=1S/C14H19NO3/c1-5-10(8-16)15-12-7-13(17)11(6-2)14(18-4)9(12)3/h6-7,16-17H,2,5,8H2,1,3-4H3. The Kier molecular flexibility index (Phi) is 4.92. The molecule has 0 saturated carbocycles. The van der Waals surface area contributed by atoms with Crippen LogP contribution in [-0.4, -0.2) is 29.6 Å². The Morgan fingerprint density at radius 2 is 2.22 bits per heavy atom. The van der Waals surface area contributed by atoms with Gasteiger partial charge in [-0.25, -0.2) is 0 Å². The molecule has 0 bridgehead atoms. The van der Waals surface area contributed by atoms with Crippen LogP contribution in [0.4, 0.5) is 5.69 Å². The second-order valence-corrected chi connectivity index (χ2v) is 3.88. The Balaban J connectivity index is 3.44. The van der Waals surface area contributed by atoms with Crippen LogP contribution in [-0.2, 0) is 0 Å². The number of benzene rings is 1. The van der Waals surface area contributed by atoms with E-state index in [1.165, 1.54) is 7.11 Å². The summed E-state index contributed by atoms with van der Waals surface area (Å²) in [5.41, 5.74) is 2.62. The normalized spacial score (nSPS) is 11.4. The summed E-state index contributed by atoms with van der Waals surface area (Å²) in [7, 11) is 1.54. The van der Waals surface area contributed by atoms with Crippen LogP contribution in [0.1, 0.15) is 24.5 Å². The number of phenolic OH excluding ortho intramolecular Hbond substituents is 1. The molecule has 0 fully saturated rings. The molecule has 4 nitrogen and oxygen atoms in total. The Hall–Kier alpha value is -1.81. The molecule has 0 amide bonds. The molecule has 0 aliphatic rings. The number of aliphatic hydroxyl groups is 1. The van der Waals surface area contributed by atoms with Crippen LogP contribution >= 0.6 is 0 Å². The smallest absolute Gasteiger partial charge is 0.134 e. The fourth-order valence-corrected chi connectivity index (χ4v) is 1.72. The zero-order valence-electron chi connectivity index (χ0n) is 11.0. The van der Waals surface area contributed by atoms with E-state index >= 15 is 0 Å². The van der Waals surface area contributed by atoms with Crippen LogP contribution in [0.2, 0.25) is 0 Å². The summed E-state index contributed by atoms with van der Waals surface area (Å²) in [4.78, 5) is 4.33. The molecule has 2 N–H and O–H groups in total. The van der Waals surface area contributed by atoms with Gasteiger partial charge in [-0.3, -0.25) is 4.99 Å². The monoisotopic (exact) mass is 249 g/mol. The van der Waals surface area contributed by atoms with Gasteiger partial charge in [0.15, 0.2) is 0 Å². The van der Waals surface area contributed by atoms with Crippen LogP contribution in [0.3, 0.4) is 0 Å². The average Bonchev–Trinajstić information content (AvgIpc) is 2.38. The molecule has 0 atom stereocenters.